The lowest BCUT2D eigenvalue weighted by Gasteiger charge is -2.08. The van der Waals surface area contributed by atoms with Crippen molar-refractivity contribution in [3.63, 3.8) is 0 Å². The van der Waals surface area contributed by atoms with E-state index in [-0.39, 0.29) is 11.8 Å². The number of carbonyl (C=O) groups is 2. The summed E-state index contributed by atoms with van der Waals surface area (Å²) in [5, 5.41) is 11.5. The van der Waals surface area contributed by atoms with Crippen molar-refractivity contribution in [2.75, 3.05) is 12.3 Å². The number of anilines is 1. The highest BCUT2D eigenvalue weighted by Gasteiger charge is 2.11. The van der Waals surface area contributed by atoms with Crippen molar-refractivity contribution in [3.05, 3.63) is 29.3 Å². The molecule has 0 spiro atoms. The van der Waals surface area contributed by atoms with Crippen LogP contribution in [0, 0.1) is 12.8 Å². The molecule has 1 atom stereocenters. The number of carboxylic acid groups (broad SMARTS) is 1. The Morgan fingerprint density at radius 3 is 2.68 bits per heavy atom. The number of aryl methyl sites for hydroxylation is 1. The number of carbonyl (C=O) groups excluding carboxylic acids is 1. The van der Waals surface area contributed by atoms with Crippen molar-refractivity contribution in [1.29, 1.82) is 0 Å². The van der Waals surface area contributed by atoms with E-state index in [1.807, 2.05) is 6.92 Å². The van der Waals surface area contributed by atoms with Crippen LogP contribution in [0.3, 0.4) is 0 Å². The fraction of sp³-hybridized carbons (Fsp3) is 0.429. The lowest BCUT2D eigenvalue weighted by atomic mass is 10.1. The molecule has 4 N–H and O–H groups in total. The van der Waals surface area contributed by atoms with Crippen LogP contribution in [-0.4, -0.2) is 23.5 Å². The minimum Gasteiger partial charge on any atom is -0.481 e. The number of carboxylic acids is 1. The highest BCUT2D eigenvalue weighted by Crippen LogP contribution is 2.12. The number of nitrogens with two attached hydrogens (primary N) is 1. The van der Waals surface area contributed by atoms with Gasteiger partial charge in [0.25, 0.3) is 5.91 Å². The molecule has 5 heteroatoms. The van der Waals surface area contributed by atoms with E-state index in [0.717, 1.165) is 5.56 Å². The van der Waals surface area contributed by atoms with E-state index < -0.39 is 5.97 Å². The van der Waals surface area contributed by atoms with Gasteiger partial charge in [-0.2, -0.15) is 0 Å². The standard InChI is InChI=1S/C14H20N2O3/c1-9-5-6-11(8-12(9)15)13(17)16-7-3-4-10(2)14(18)19/h5-6,8,10H,3-4,7,15H2,1-2H3,(H,16,17)(H,18,19). The van der Waals surface area contributed by atoms with Gasteiger partial charge in [0, 0.05) is 17.8 Å². The fourth-order valence-corrected chi connectivity index (χ4v) is 1.62. The Morgan fingerprint density at radius 1 is 1.42 bits per heavy atom. The maximum absolute atomic E-state index is 11.8. The molecular formula is C14H20N2O3. The van der Waals surface area contributed by atoms with Crippen LogP contribution in [0.2, 0.25) is 0 Å². The van der Waals surface area contributed by atoms with Gasteiger partial charge in [-0.1, -0.05) is 13.0 Å². The zero-order valence-electron chi connectivity index (χ0n) is 11.3. The first-order valence-electron chi connectivity index (χ1n) is 6.29. The molecule has 104 valence electrons. The molecule has 0 radical (unpaired) electrons. The zero-order chi connectivity index (χ0) is 14.4. The molecule has 0 aliphatic carbocycles. The molecular weight excluding hydrogens is 244 g/mol. The van der Waals surface area contributed by atoms with Gasteiger partial charge in [0.2, 0.25) is 0 Å². The first-order valence-corrected chi connectivity index (χ1v) is 6.29. The van der Waals surface area contributed by atoms with Crippen molar-refractivity contribution in [2.24, 2.45) is 5.92 Å². The predicted molar refractivity (Wildman–Crippen MR) is 74.0 cm³/mol. The largest absolute Gasteiger partial charge is 0.481 e. The second-order valence-electron chi connectivity index (χ2n) is 4.71. The molecule has 0 aliphatic rings. The number of hydrogen-bond donors (Lipinski definition) is 3. The van der Waals surface area contributed by atoms with Gasteiger partial charge < -0.3 is 16.2 Å². The molecule has 1 rings (SSSR count). The molecule has 0 bridgehead atoms. The molecule has 1 amide bonds. The SMILES string of the molecule is Cc1ccc(C(=O)NCCCC(C)C(=O)O)cc1N. The first-order chi connectivity index (χ1) is 8.91. The molecule has 5 nitrogen and oxygen atoms in total. The normalized spacial score (nSPS) is 11.9. The monoisotopic (exact) mass is 264 g/mol. The smallest absolute Gasteiger partial charge is 0.306 e. The van der Waals surface area contributed by atoms with Crippen LogP contribution < -0.4 is 11.1 Å². The minimum atomic E-state index is -0.808. The highest BCUT2D eigenvalue weighted by molar-refractivity contribution is 5.95. The highest BCUT2D eigenvalue weighted by atomic mass is 16.4. The lowest BCUT2D eigenvalue weighted by Crippen LogP contribution is -2.25. The van der Waals surface area contributed by atoms with Gasteiger partial charge in [-0.05, 0) is 37.5 Å². The Bertz CT molecular complexity index is 472. The first kappa shape index (κ1) is 15.0. The molecule has 0 aromatic heterocycles. The van der Waals surface area contributed by atoms with E-state index in [1.54, 1.807) is 25.1 Å². The van der Waals surface area contributed by atoms with Crippen molar-refractivity contribution >= 4 is 17.6 Å². The van der Waals surface area contributed by atoms with Gasteiger partial charge in [-0.25, -0.2) is 0 Å². The summed E-state index contributed by atoms with van der Waals surface area (Å²) in [6.07, 6.45) is 1.19. The Balaban J connectivity index is 2.39. The molecule has 19 heavy (non-hydrogen) atoms. The van der Waals surface area contributed by atoms with Crippen LogP contribution >= 0.6 is 0 Å². The van der Waals surface area contributed by atoms with E-state index in [1.165, 1.54) is 0 Å². The van der Waals surface area contributed by atoms with Gasteiger partial charge >= 0.3 is 5.97 Å². The number of nitrogen functional groups attached to an aromatic ring is 1. The van der Waals surface area contributed by atoms with E-state index in [2.05, 4.69) is 5.32 Å². The van der Waals surface area contributed by atoms with Crippen LogP contribution in [0.15, 0.2) is 18.2 Å². The summed E-state index contributed by atoms with van der Waals surface area (Å²) < 4.78 is 0. The molecule has 0 saturated carbocycles. The third kappa shape index (κ3) is 4.62. The van der Waals surface area contributed by atoms with Crippen molar-refractivity contribution in [2.45, 2.75) is 26.7 Å². The van der Waals surface area contributed by atoms with Gasteiger partial charge in [0.15, 0.2) is 0 Å². The Morgan fingerprint density at radius 2 is 2.11 bits per heavy atom. The van der Waals surface area contributed by atoms with Crippen LogP contribution in [0.25, 0.3) is 0 Å². The van der Waals surface area contributed by atoms with E-state index in [0.29, 0.717) is 30.6 Å². The number of aliphatic carboxylic acids is 1. The molecule has 1 unspecified atom stereocenters. The minimum absolute atomic E-state index is 0.185. The summed E-state index contributed by atoms with van der Waals surface area (Å²) >= 11 is 0. The maximum Gasteiger partial charge on any atom is 0.306 e. The summed E-state index contributed by atoms with van der Waals surface area (Å²) in [5.74, 6) is -1.38. The van der Waals surface area contributed by atoms with Crippen molar-refractivity contribution in [1.82, 2.24) is 5.32 Å². The number of rotatable bonds is 6. The summed E-state index contributed by atoms with van der Waals surface area (Å²) in [6, 6.07) is 5.17. The lowest BCUT2D eigenvalue weighted by molar-refractivity contribution is -0.141. The van der Waals surface area contributed by atoms with Gasteiger partial charge in [-0.15, -0.1) is 0 Å². The number of amides is 1. The summed E-state index contributed by atoms with van der Waals surface area (Å²) in [6.45, 7) is 4.00. The molecule has 0 aliphatic heterocycles. The number of benzene rings is 1. The Kier molecular flexibility index (Phi) is 5.36. The van der Waals surface area contributed by atoms with Crippen LogP contribution in [0.5, 0.6) is 0 Å². The van der Waals surface area contributed by atoms with Gasteiger partial charge in [0.1, 0.15) is 0 Å². The molecule has 0 heterocycles. The summed E-state index contributed by atoms with van der Waals surface area (Å²) in [4.78, 5) is 22.4. The van der Waals surface area contributed by atoms with E-state index in [9.17, 15) is 9.59 Å². The predicted octanol–water partition coefficient (Wildman–Crippen LogP) is 1.81. The van der Waals surface area contributed by atoms with Crippen molar-refractivity contribution < 1.29 is 14.7 Å². The quantitative estimate of drug-likeness (QED) is 0.539. The average Bonchev–Trinajstić information content (AvgIpc) is 2.37. The van der Waals surface area contributed by atoms with Crippen molar-refractivity contribution in [3.8, 4) is 0 Å². The summed E-state index contributed by atoms with van der Waals surface area (Å²) in [7, 11) is 0. The Hall–Kier alpha value is -2.04. The second-order valence-corrected chi connectivity index (χ2v) is 4.71. The number of nitrogens with one attached hydrogen (secondary N) is 1. The maximum atomic E-state index is 11.8. The third-order valence-corrected chi connectivity index (χ3v) is 3.06. The van der Waals surface area contributed by atoms with E-state index in [4.69, 9.17) is 10.8 Å². The Labute approximate surface area is 112 Å². The van der Waals surface area contributed by atoms with Crippen LogP contribution in [0.4, 0.5) is 5.69 Å². The fourth-order valence-electron chi connectivity index (χ4n) is 1.62. The third-order valence-electron chi connectivity index (χ3n) is 3.06. The topological polar surface area (TPSA) is 92.4 Å². The zero-order valence-corrected chi connectivity index (χ0v) is 11.3. The van der Waals surface area contributed by atoms with Gasteiger partial charge in [-0.3, -0.25) is 9.59 Å². The molecule has 0 fully saturated rings. The molecule has 1 aromatic rings. The van der Waals surface area contributed by atoms with Gasteiger partial charge in [0.05, 0.1) is 5.92 Å². The molecule has 0 saturated heterocycles. The van der Waals surface area contributed by atoms with Crippen LogP contribution in [-0.2, 0) is 4.79 Å². The number of hydrogen-bond acceptors (Lipinski definition) is 3. The molecule has 1 aromatic carbocycles. The second kappa shape index (κ2) is 6.78. The average molecular weight is 264 g/mol. The van der Waals surface area contributed by atoms with Crippen LogP contribution in [0.1, 0.15) is 35.7 Å². The van der Waals surface area contributed by atoms with E-state index >= 15 is 0 Å². The summed E-state index contributed by atoms with van der Waals surface area (Å²) in [5.41, 5.74) is 7.79.